The van der Waals surface area contributed by atoms with E-state index >= 15 is 0 Å². The Hall–Kier alpha value is -3.84. The number of aryl methyl sites for hydroxylation is 1. The molecule has 3 aromatic carbocycles. The fourth-order valence-electron chi connectivity index (χ4n) is 4.95. The number of methoxy groups -OCH3 is 3. The molecule has 0 aliphatic carbocycles. The molecular weight excluding hydrogens is 540 g/mol. The smallest absolute Gasteiger partial charge is 0.322 e. The fourth-order valence-corrected chi connectivity index (χ4v) is 5.08. The van der Waals surface area contributed by atoms with Crippen LogP contribution in [0.1, 0.15) is 50.4 Å². The summed E-state index contributed by atoms with van der Waals surface area (Å²) >= 11 is 6.21. The number of nitrogens with one attached hydrogen (secondary N) is 1. The molecule has 4 rings (SSSR count). The van der Waals surface area contributed by atoms with E-state index < -0.39 is 0 Å². The maximum absolute atomic E-state index is 13.9. The number of nitrogens with zero attached hydrogens (tertiary/aromatic N) is 1. The third-order valence-electron chi connectivity index (χ3n) is 7.15. The third kappa shape index (κ3) is 7.27. The van der Waals surface area contributed by atoms with Crippen LogP contribution in [-0.4, -0.2) is 38.8 Å². The van der Waals surface area contributed by atoms with Crippen molar-refractivity contribution in [3.8, 4) is 28.4 Å². The monoisotopic (exact) mass is 578 g/mol. The lowest BCUT2D eigenvalue weighted by molar-refractivity contribution is 0.203. The minimum absolute atomic E-state index is 0.277. The van der Waals surface area contributed by atoms with Gasteiger partial charge >= 0.3 is 6.03 Å². The predicted molar refractivity (Wildman–Crippen MR) is 166 cm³/mol. The zero-order valence-corrected chi connectivity index (χ0v) is 25.3. The van der Waals surface area contributed by atoms with Crippen LogP contribution in [0.25, 0.3) is 22.1 Å². The van der Waals surface area contributed by atoms with Gasteiger partial charge in [0.05, 0.1) is 27.9 Å². The molecule has 1 heterocycles. The number of halogens is 1. The van der Waals surface area contributed by atoms with E-state index in [4.69, 9.17) is 30.2 Å². The molecule has 8 heteroatoms. The SMILES string of the molecule is CCCCCCCN(Cc1oc2ccc(C)cc2c1-c1ccc(Cl)cc1)C(=O)Nc1c(OC)cc(OC)cc1OC. The van der Waals surface area contributed by atoms with Gasteiger partial charge in [0.1, 0.15) is 34.3 Å². The van der Waals surface area contributed by atoms with Crippen LogP contribution in [0.3, 0.4) is 0 Å². The van der Waals surface area contributed by atoms with Gasteiger partial charge in [-0.2, -0.15) is 0 Å². The van der Waals surface area contributed by atoms with Gasteiger partial charge in [-0.25, -0.2) is 4.79 Å². The lowest BCUT2D eigenvalue weighted by atomic mass is 10.0. The molecular formula is C33H39ClN2O5. The first-order chi connectivity index (χ1) is 19.9. The Morgan fingerprint density at radius 2 is 1.59 bits per heavy atom. The first-order valence-electron chi connectivity index (χ1n) is 14.0. The minimum atomic E-state index is -0.277. The molecule has 0 unspecified atom stereocenters. The number of furan rings is 1. The molecule has 0 saturated heterocycles. The fraction of sp³-hybridized carbons (Fsp3) is 0.364. The summed E-state index contributed by atoms with van der Waals surface area (Å²) in [5.74, 6) is 2.16. The maximum atomic E-state index is 13.9. The Kier molecular flexibility index (Phi) is 10.4. The van der Waals surface area contributed by atoms with Crippen molar-refractivity contribution in [2.24, 2.45) is 0 Å². The number of carbonyl (C=O) groups excluding carboxylic acids is 1. The molecule has 0 bridgehead atoms. The number of fused-ring (bicyclic) bond motifs is 1. The highest BCUT2D eigenvalue weighted by molar-refractivity contribution is 6.30. The van der Waals surface area contributed by atoms with Gasteiger partial charge in [-0.05, 0) is 43.2 Å². The topological polar surface area (TPSA) is 73.2 Å². The van der Waals surface area contributed by atoms with E-state index in [0.717, 1.165) is 53.3 Å². The number of hydrogen-bond acceptors (Lipinski definition) is 5. The molecule has 0 fully saturated rings. The number of rotatable bonds is 13. The molecule has 0 aliphatic rings. The summed E-state index contributed by atoms with van der Waals surface area (Å²) in [5.41, 5.74) is 4.29. The van der Waals surface area contributed by atoms with Crippen molar-refractivity contribution >= 4 is 34.3 Å². The average molecular weight is 579 g/mol. The van der Waals surface area contributed by atoms with Gasteiger partial charge in [0.15, 0.2) is 0 Å². The summed E-state index contributed by atoms with van der Waals surface area (Å²) in [7, 11) is 4.66. The lowest BCUT2D eigenvalue weighted by Crippen LogP contribution is -2.35. The van der Waals surface area contributed by atoms with Crippen LogP contribution in [0.15, 0.2) is 59.0 Å². The average Bonchev–Trinajstić information content (AvgIpc) is 3.33. The molecule has 7 nitrogen and oxygen atoms in total. The van der Waals surface area contributed by atoms with Crippen molar-refractivity contribution in [2.75, 3.05) is 33.2 Å². The number of hydrogen-bond donors (Lipinski definition) is 1. The standard InChI is InChI=1S/C33H39ClN2O5/c1-6-7-8-9-10-17-36(33(37)35-32-28(39-4)19-25(38-3)20-29(32)40-5)21-30-31(23-12-14-24(34)15-13-23)26-18-22(2)11-16-27(26)41-30/h11-16,18-20H,6-10,17,21H2,1-5H3,(H,35,37). The molecule has 4 aromatic rings. The van der Waals surface area contributed by atoms with Gasteiger partial charge in [-0.15, -0.1) is 0 Å². The van der Waals surface area contributed by atoms with Crippen LogP contribution in [0, 0.1) is 6.92 Å². The molecule has 0 spiro atoms. The molecule has 1 N–H and O–H groups in total. The Balaban J connectivity index is 1.71. The number of unbranched alkanes of at least 4 members (excludes halogenated alkanes) is 4. The van der Waals surface area contributed by atoms with Crippen LogP contribution in [0.2, 0.25) is 5.02 Å². The van der Waals surface area contributed by atoms with E-state index in [1.165, 1.54) is 6.42 Å². The summed E-state index contributed by atoms with van der Waals surface area (Å²) < 4.78 is 22.9. The molecule has 218 valence electrons. The van der Waals surface area contributed by atoms with E-state index in [0.29, 0.717) is 40.3 Å². The largest absolute Gasteiger partial charge is 0.496 e. The van der Waals surface area contributed by atoms with Gasteiger partial charge < -0.3 is 28.8 Å². The van der Waals surface area contributed by atoms with Crippen molar-refractivity contribution in [1.82, 2.24) is 4.90 Å². The molecule has 0 atom stereocenters. The van der Waals surface area contributed by atoms with Gasteiger partial charge in [-0.1, -0.05) is 68.0 Å². The lowest BCUT2D eigenvalue weighted by Gasteiger charge is -2.24. The number of ether oxygens (including phenoxy) is 3. The predicted octanol–water partition coefficient (Wildman–Crippen LogP) is 9.09. The number of benzene rings is 3. The summed E-state index contributed by atoms with van der Waals surface area (Å²) in [6.07, 6.45) is 5.38. The highest BCUT2D eigenvalue weighted by Gasteiger charge is 2.24. The van der Waals surface area contributed by atoms with Crippen molar-refractivity contribution < 1.29 is 23.4 Å². The summed E-state index contributed by atoms with van der Waals surface area (Å²) in [4.78, 5) is 15.7. The van der Waals surface area contributed by atoms with Gasteiger partial charge in [-0.3, -0.25) is 0 Å². The van der Waals surface area contributed by atoms with Crippen molar-refractivity contribution in [2.45, 2.75) is 52.5 Å². The molecule has 1 aromatic heterocycles. The highest BCUT2D eigenvalue weighted by atomic mass is 35.5. The quantitative estimate of drug-likeness (QED) is 0.160. The van der Waals surface area contributed by atoms with E-state index in [1.807, 2.05) is 36.4 Å². The van der Waals surface area contributed by atoms with E-state index in [1.54, 1.807) is 38.4 Å². The maximum Gasteiger partial charge on any atom is 0.322 e. The first kappa shape index (κ1) is 30.1. The Labute approximate surface area is 247 Å². The number of amides is 2. The summed E-state index contributed by atoms with van der Waals surface area (Å²) in [6, 6.07) is 17.0. The second kappa shape index (κ2) is 14.2. The van der Waals surface area contributed by atoms with Crippen LogP contribution < -0.4 is 19.5 Å². The normalized spacial score (nSPS) is 11.0. The Morgan fingerprint density at radius 1 is 0.902 bits per heavy atom. The van der Waals surface area contributed by atoms with Gasteiger partial charge in [0, 0.05) is 34.6 Å². The Bertz CT molecular complexity index is 1440. The van der Waals surface area contributed by atoms with E-state index in [9.17, 15) is 4.79 Å². The minimum Gasteiger partial charge on any atom is -0.496 e. The van der Waals surface area contributed by atoms with Gasteiger partial charge in [0.25, 0.3) is 0 Å². The molecule has 0 aliphatic heterocycles. The molecule has 0 saturated carbocycles. The second-order valence-electron chi connectivity index (χ2n) is 10.1. The van der Waals surface area contributed by atoms with Crippen LogP contribution in [0.5, 0.6) is 17.2 Å². The molecule has 0 radical (unpaired) electrons. The van der Waals surface area contributed by atoms with E-state index in [-0.39, 0.29) is 12.6 Å². The second-order valence-corrected chi connectivity index (χ2v) is 10.5. The number of anilines is 1. The highest BCUT2D eigenvalue weighted by Crippen LogP contribution is 2.40. The van der Waals surface area contributed by atoms with Crippen molar-refractivity contribution in [3.05, 3.63) is 70.9 Å². The van der Waals surface area contributed by atoms with Crippen molar-refractivity contribution in [3.63, 3.8) is 0 Å². The number of urea groups is 1. The van der Waals surface area contributed by atoms with Crippen LogP contribution >= 0.6 is 11.6 Å². The summed E-state index contributed by atoms with van der Waals surface area (Å²) in [6.45, 7) is 5.10. The molecule has 2 amide bonds. The number of carbonyl (C=O) groups is 1. The third-order valence-corrected chi connectivity index (χ3v) is 7.40. The van der Waals surface area contributed by atoms with Crippen LogP contribution in [-0.2, 0) is 6.54 Å². The van der Waals surface area contributed by atoms with Crippen LogP contribution in [0.4, 0.5) is 10.5 Å². The zero-order valence-electron chi connectivity index (χ0n) is 24.5. The van der Waals surface area contributed by atoms with E-state index in [2.05, 4.69) is 25.2 Å². The van der Waals surface area contributed by atoms with Crippen molar-refractivity contribution in [1.29, 1.82) is 0 Å². The molecule has 41 heavy (non-hydrogen) atoms. The zero-order chi connectivity index (χ0) is 29.4. The van der Waals surface area contributed by atoms with Gasteiger partial charge in [0.2, 0.25) is 0 Å². The Morgan fingerprint density at radius 3 is 2.22 bits per heavy atom. The first-order valence-corrected chi connectivity index (χ1v) is 14.4. The summed E-state index contributed by atoms with van der Waals surface area (Å²) in [5, 5.41) is 4.70.